The molecule has 88 valence electrons. The highest BCUT2D eigenvalue weighted by molar-refractivity contribution is 7.89. The van der Waals surface area contributed by atoms with Crippen LogP contribution >= 0.6 is 0 Å². The molecule has 1 heterocycles. The minimum Gasteiger partial charge on any atom is -0.377 e. The first-order valence-corrected chi connectivity index (χ1v) is 6.16. The molecular formula is C7H14N2O5S. The van der Waals surface area contributed by atoms with E-state index in [-0.39, 0.29) is 11.9 Å². The number of rotatable bonds is 6. The lowest BCUT2D eigenvalue weighted by atomic mass is 10.3. The van der Waals surface area contributed by atoms with Crippen molar-refractivity contribution >= 4 is 15.9 Å². The highest BCUT2D eigenvalue weighted by Crippen LogP contribution is 2.13. The Bertz CT molecular complexity index is 309. The number of amides is 1. The predicted molar refractivity (Wildman–Crippen MR) is 51.0 cm³/mol. The third-order valence-electron chi connectivity index (χ3n) is 1.83. The molecule has 0 aliphatic carbocycles. The first-order chi connectivity index (χ1) is 6.99. The zero-order valence-corrected chi connectivity index (χ0v) is 8.96. The normalized spacial score (nSPS) is 21.7. The van der Waals surface area contributed by atoms with Gasteiger partial charge in [-0.05, 0) is 12.8 Å². The molecular weight excluding hydrogens is 224 g/mol. The second-order valence-electron chi connectivity index (χ2n) is 3.25. The van der Waals surface area contributed by atoms with Gasteiger partial charge in [-0.3, -0.25) is 9.63 Å². The predicted octanol–water partition coefficient (Wildman–Crippen LogP) is -1.50. The Morgan fingerprint density at radius 1 is 1.60 bits per heavy atom. The number of nitrogens with one attached hydrogen (secondary N) is 1. The Balaban J connectivity index is 2.28. The second kappa shape index (κ2) is 5.40. The van der Waals surface area contributed by atoms with E-state index >= 15 is 0 Å². The van der Waals surface area contributed by atoms with Crippen LogP contribution in [0, 0.1) is 0 Å². The van der Waals surface area contributed by atoms with Crippen molar-refractivity contribution < 1.29 is 22.8 Å². The maximum absolute atomic E-state index is 11.3. The van der Waals surface area contributed by atoms with Crippen molar-refractivity contribution in [3.8, 4) is 0 Å². The fraction of sp³-hybridized carbons (Fsp3) is 0.857. The van der Waals surface area contributed by atoms with Crippen LogP contribution in [0.4, 0.5) is 0 Å². The van der Waals surface area contributed by atoms with Crippen LogP contribution in [-0.4, -0.2) is 39.4 Å². The lowest BCUT2D eigenvalue weighted by Gasteiger charge is -2.10. The number of sulfonamides is 1. The molecule has 0 aromatic carbocycles. The summed E-state index contributed by atoms with van der Waals surface area (Å²) >= 11 is 0. The fourth-order valence-electron chi connectivity index (χ4n) is 1.24. The van der Waals surface area contributed by atoms with Crippen LogP contribution in [0.3, 0.4) is 0 Å². The molecule has 1 rings (SSSR count). The van der Waals surface area contributed by atoms with E-state index in [9.17, 15) is 13.2 Å². The zero-order chi connectivity index (χ0) is 11.3. The maximum atomic E-state index is 11.3. The molecule has 0 aromatic heterocycles. The van der Waals surface area contributed by atoms with Crippen molar-refractivity contribution in [2.24, 2.45) is 5.73 Å². The Kier molecular flexibility index (Phi) is 4.45. The quantitative estimate of drug-likeness (QED) is 0.548. The number of carbonyl (C=O) groups is 1. The largest absolute Gasteiger partial charge is 0.377 e. The Labute approximate surface area is 87.9 Å². The van der Waals surface area contributed by atoms with Crippen molar-refractivity contribution in [3.63, 3.8) is 0 Å². The van der Waals surface area contributed by atoms with Crippen LogP contribution in [-0.2, 0) is 24.4 Å². The smallest absolute Gasteiger partial charge is 0.245 e. The molecule has 1 atom stereocenters. The lowest BCUT2D eigenvalue weighted by Crippen LogP contribution is -2.34. The van der Waals surface area contributed by atoms with Crippen molar-refractivity contribution in [2.75, 3.05) is 19.0 Å². The number of hydrogen-bond acceptors (Lipinski definition) is 5. The molecule has 0 aromatic rings. The standard InChI is InChI=1S/C7H14N2O5S/c8-7(10)4-14-9-15(11,12)5-6-2-1-3-13-6/h6,9H,1-5H2,(H2,8,10). The van der Waals surface area contributed by atoms with Crippen LogP contribution in [0.5, 0.6) is 0 Å². The molecule has 1 amide bonds. The summed E-state index contributed by atoms with van der Waals surface area (Å²) in [7, 11) is -3.57. The van der Waals surface area contributed by atoms with Gasteiger partial charge >= 0.3 is 0 Å². The Morgan fingerprint density at radius 3 is 2.87 bits per heavy atom. The van der Waals surface area contributed by atoms with Gasteiger partial charge in [-0.15, -0.1) is 0 Å². The van der Waals surface area contributed by atoms with E-state index in [1.165, 1.54) is 0 Å². The first kappa shape index (κ1) is 12.4. The maximum Gasteiger partial charge on any atom is 0.245 e. The minimum atomic E-state index is -3.57. The first-order valence-electron chi connectivity index (χ1n) is 4.51. The summed E-state index contributed by atoms with van der Waals surface area (Å²) in [5.41, 5.74) is 4.76. The molecule has 0 radical (unpaired) electrons. The van der Waals surface area contributed by atoms with Gasteiger partial charge in [-0.2, -0.15) is 0 Å². The molecule has 8 heteroatoms. The molecule has 7 nitrogen and oxygen atoms in total. The van der Waals surface area contributed by atoms with Gasteiger partial charge in [0.05, 0.1) is 11.9 Å². The topological polar surface area (TPSA) is 108 Å². The summed E-state index contributed by atoms with van der Waals surface area (Å²) in [4.78, 5) is 16.5. The summed E-state index contributed by atoms with van der Waals surface area (Å²) < 4.78 is 27.7. The summed E-state index contributed by atoms with van der Waals surface area (Å²) in [6.45, 7) is 0.104. The van der Waals surface area contributed by atoms with E-state index in [1.54, 1.807) is 0 Å². The number of hydrogen-bond donors (Lipinski definition) is 2. The van der Waals surface area contributed by atoms with Crippen molar-refractivity contribution in [1.29, 1.82) is 0 Å². The third-order valence-corrected chi connectivity index (χ3v) is 3.01. The monoisotopic (exact) mass is 238 g/mol. The average molecular weight is 238 g/mol. The fourth-order valence-corrected chi connectivity index (χ4v) is 2.30. The van der Waals surface area contributed by atoms with Crippen molar-refractivity contribution in [3.05, 3.63) is 0 Å². The molecule has 0 spiro atoms. The summed E-state index contributed by atoms with van der Waals surface area (Å²) in [6, 6.07) is 0. The van der Waals surface area contributed by atoms with Crippen LogP contribution in [0.15, 0.2) is 0 Å². The zero-order valence-electron chi connectivity index (χ0n) is 8.14. The van der Waals surface area contributed by atoms with Gasteiger partial charge in [0.25, 0.3) is 0 Å². The molecule has 15 heavy (non-hydrogen) atoms. The van der Waals surface area contributed by atoms with E-state index in [4.69, 9.17) is 10.5 Å². The van der Waals surface area contributed by atoms with Gasteiger partial charge in [0.15, 0.2) is 0 Å². The van der Waals surface area contributed by atoms with Gasteiger partial charge < -0.3 is 10.5 Å². The van der Waals surface area contributed by atoms with Crippen LogP contribution in [0.1, 0.15) is 12.8 Å². The number of primary amides is 1. The number of ether oxygens (including phenoxy) is 1. The minimum absolute atomic E-state index is 0.161. The SMILES string of the molecule is NC(=O)CONS(=O)(=O)CC1CCCO1. The second-order valence-corrected chi connectivity index (χ2v) is 4.98. The molecule has 1 aliphatic heterocycles. The van der Waals surface area contributed by atoms with Crippen LogP contribution in [0.2, 0.25) is 0 Å². The third kappa shape index (κ3) is 5.07. The molecule has 1 aliphatic rings. The van der Waals surface area contributed by atoms with Gasteiger partial charge in [0.1, 0.15) is 6.61 Å². The number of carbonyl (C=O) groups excluding carboxylic acids is 1. The van der Waals surface area contributed by atoms with Crippen molar-refractivity contribution in [1.82, 2.24) is 4.89 Å². The van der Waals surface area contributed by atoms with E-state index in [1.807, 2.05) is 4.89 Å². The molecule has 3 N–H and O–H groups in total. The Hall–Kier alpha value is -0.700. The lowest BCUT2D eigenvalue weighted by molar-refractivity contribution is -0.123. The van der Waals surface area contributed by atoms with Gasteiger partial charge in [-0.1, -0.05) is 4.89 Å². The summed E-state index contributed by atoms with van der Waals surface area (Å²) in [5.74, 6) is -0.902. The highest BCUT2D eigenvalue weighted by Gasteiger charge is 2.23. The van der Waals surface area contributed by atoms with Gasteiger partial charge in [0.2, 0.25) is 15.9 Å². The van der Waals surface area contributed by atoms with Crippen LogP contribution < -0.4 is 10.6 Å². The highest BCUT2D eigenvalue weighted by atomic mass is 32.2. The number of nitrogens with two attached hydrogens (primary N) is 1. The summed E-state index contributed by atoms with van der Waals surface area (Å²) in [5, 5.41) is 0. The van der Waals surface area contributed by atoms with Gasteiger partial charge in [-0.25, -0.2) is 8.42 Å². The van der Waals surface area contributed by atoms with E-state index < -0.39 is 22.5 Å². The molecule has 0 saturated carbocycles. The summed E-state index contributed by atoms with van der Waals surface area (Å²) in [6.07, 6.45) is 1.29. The molecule has 0 bridgehead atoms. The van der Waals surface area contributed by atoms with E-state index in [2.05, 4.69) is 4.84 Å². The van der Waals surface area contributed by atoms with Crippen molar-refractivity contribution in [2.45, 2.75) is 18.9 Å². The molecule has 1 unspecified atom stereocenters. The average Bonchev–Trinajstić information content (AvgIpc) is 2.54. The Morgan fingerprint density at radius 2 is 2.33 bits per heavy atom. The molecule has 1 fully saturated rings. The molecule has 1 saturated heterocycles. The van der Waals surface area contributed by atoms with Crippen LogP contribution in [0.25, 0.3) is 0 Å². The van der Waals surface area contributed by atoms with Gasteiger partial charge in [0, 0.05) is 6.61 Å². The van der Waals surface area contributed by atoms with E-state index in [0.717, 1.165) is 12.8 Å². The van der Waals surface area contributed by atoms with E-state index in [0.29, 0.717) is 6.61 Å².